The van der Waals surface area contributed by atoms with Crippen molar-refractivity contribution < 1.29 is 8.42 Å². The van der Waals surface area contributed by atoms with Gasteiger partial charge in [-0.2, -0.15) is 0 Å². The second kappa shape index (κ2) is 5.47. The van der Waals surface area contributed by atoms with Crippen LogP contribution in [0.4, 0.5) is 0 Å². The van der Waals surface area contributed by atoms with Gasteiger partial charge in [-0.3, -0.25) is 0 Å². The van der Waals surface area contributed by atoms with E-state index in [1.165, 1.54) is 6.26 Å². The normalized spacial score (nSPS) is 28.6. The van der Waals surface area contributed by atoms with Crippen molar-refractivity contribution >= 4 is 9.84 Å². The molecule has 5 heteroatoms. The van der Waals surface area contributed by atoms with Crippen LogP contribution in [0.2, 0.25) is 0 Å². The van der Waals surface area contributed by atoms with Crippen LogP contribution in [0.1, 0.15) is 26.2 Å². The molecule has 0 aromatic carbocycles. The van der Waals surface area contributed by atoms with Crippen LogP contribution in [-0.4, -0.2) is 57.5 Å². The highest BCUT2D eigenvalue weighted by Crippen LogP contribution is 2.24. The van der Waals surface area contributed by atoms with E-state index in [0.717, 1.165) is 25.8 Å². The van der Waals surface area contributed by atoms with Crippen LogP contribution >= 0.6 is 0 Å². The van der Waals surface area contributed by atoms with Crippen LogP contribution in [0.15, 0.2) is 0 Å². The maximum Gasteiger partial charge on any atom is 0.151 e. The second-order valence-electron chi connectivity index (χ2n) is 5.13. The molecular weight excluding hydrogens is 224 g/mol. The van der Waals surface area contributed by atoms with E-state index in [0.29, 0.717) is 6.04 Å². The monoisotopic (exact) mass is 248 g/mol. The molecule has 0 bridgehead atoms. The van der Waals surface area contributed by atoms with E-state index in [1.807, 2.05) is 14.1 Å². The molecule has 1 N–H and O–H groups in total. The van der Waals surface area contributed by atoms with E-state index >= 15 is 0 Å². The fourth-order valence-electron chi connectivity index (χ4n) is 2.18. The lowest BCUT2D eigenvalue weighted by molar-refractivity contribution is 0.293. The van der Waals surface area contributed by atoms with Gasteiger partial charge in [-0.15, -0.1) is 0 Å². The molecule has 0 heterocycles. The summed E-state index contributed by atoms with van der Waals surface area (Å²) < 4.78 is 23.1. The van der Waals surface area contributed by atoms with Crippen molar-refractivity contribution in [2.24, 2.45) is 0 Å². The molecule has 1 saturated carbocycles. The average Bonchev–Trinajstić information content (AvgIpc) is 2.60. The molecule has 0 aromatic heterocycles. The molecule has 1 rings (SSSR count). The quantitative estimate of drug-likeness (QED) is 0.769. The van der Waals surface area contributed by atoms with Gasteiger partial charge >= 0.3 is 0 Å². The summed E-state index contributed by atoms with van der Waals surface area (Å²) in [6.07, 6.45) is 4.17. The third-order valence-corrected chi connectivity index (χ3v) is 5.22. The van der Waals surface area contributed by atoms with Crippen LogP contribution < -0.4 is 5.32 Å². The van der Waals surface area contributed by atoms with Crippen LogP contribution in [0, 0.1) is 0 Å². The van der Waals surface area contributed by atoms with Gasteiger partial charge < -0.3 is 10.2 Å². The zero-order chi connectivity index (χ0) is 12.3. The molecule has 96 valence electrons. The molecule has 3 atom stereocenters. The average molecular weight is 248 g/mol. The Hall–Kier alpha value is -0.130. The number of nitrogens with one attached hydrogen (secondary N) is 1. The van der Waals surface area contributed by atoms with E-state index in [2.05, 4.69) is 17.1 Å². The third-order valence-electron chi connectivity index (χ3n) is 3.56. The Bertz CT molecular complexity index is 314. The van der Waals surface area contributed by atoms with Gasteiger partial charge in [-0.25, -0.2) is 8.42 Å². The zero-order valence-corrected chi connectivity index (χ0v) is 11.5. The topological polar surface area (TPSA) is 49.4 Å². The molecule has 1 aliphatic carbocycles. The molecule has 1 aliphatic rings. The standard InChI is InChI=1S/C11H24N2O2S/c1-9(13(2)3)8-12-10-6-5-7-11(10)16(4,14)15/h9-12H,5-8H2,1-4H3. The predicted octanol–water partition coefficient (Wildman–Crippen LogP) is 0.492. The Balaban J connectivity index is 2.48. The summed E-state index contributed by atoms with van der Waals surface area (Å²) in [4.78, 5) is 2.14. The fourth-order valence-corrected chi connectivity index (χ4v) is 3.60. The maximum atomic E-state index is 11.6. The van der Waals surface area contributed by atoms with Gasteiger partial charge in [0.25, 0.3) is 0 Å². The first-order chi connectivity index (χ1) is 7.32. The summed E-state index contributed by atoms with van der Waals surface area (Å²) in [5.41, 5.74) is 0. The van der Waals surface area contributed by atoms with Crippen LogP contribution in [0.25, 0.3) is 0 Å². The first kappa shape index (κ1) is 13.9. The molecule has 0 aromatic rings. The molecule has 3 unspecified atom stereocenters. The van der Waals surface area contributed by atoms with E-state index in [1.54, 1.807) is 0 Å². The third kappa shape index (κ3) is 3.71. The first-order valence-corrected chi connectivity index (χ1v) is 7.86. The minimum Gasteiger partial charge on any atom is -0.311 e. The summed E-state index contributed by atoms with van der Waals surface area (Å²) in [6.45, 7) is 2.99. The molecule has 16 heavy (non-hydrogen) atoms. The lowest BCUT2D eigenvalue weighted by Crippen LogP contribution is -2.45. The molecule has 1 fully saturated rings. The number of nitrogens with zero attached hydrogens (tertiary/aromatic N) is 1. The second-order valence-corrected chi connectivity index (χ2v) is 7.39. The van der Waals surface area contributed by atoms with Crippen molar-refractivity contribution in [3.63, 3.8) is 0 Å². The molecule has 0 radical (unpaired) electrons. The Morgan fingerprint density at radius 3 is 2.50 bits per heavy atom. The lowest BCUT2D eigenvalue weighted by atomic mass is 10.2. The summed E-state index contributed by atoms with van der Waals surface area (Å²) in [7, 11) is 1.18. The van der Waals surface area contributed by atoms with Crippen LogP contribution in [-0.2, 0) is 9.84 Å². The van der Waals surface area contributed by atoms with Crippen molar-refractivity contribution in [2.75, 3.05) is 26.9 Å². The van der Waals surface area contributed by atoms with Crippen LogP contribution in [0.5, 0.6) is 0 Å². The van der Waals surface area contributed by atoms with Gasteiger partial charge in [0.1, 0.15) is 0 Å². The van der Waals surface area contributed by atoms with Gasteiger partial charge in [0.05, 0.1) is 5.25 Å². The Kier molecular flexibility index (Phi) is 4.76. The largest absolute Gasteiger partial charge is 0.311 e. The highest BCUT2D eigenvalue weighted by Gasteiger charge is 2.34. The number of likely N-dealkylation sites (N-methyl/N-ethyl adjacent to an activating group) is 1. The fraction of sp³-hybridized carbons (Fsp3) is 1.00. The Morgan fingerprint density at radius 1 is 1.38 bits per heavy atom. The predicted molar refractivity (Wildman–Crippen MR) is 67.4 cm³/mol. The van der Waals surface area contributed by atoms with Crippen molar-refractivity contribution in [1.82, 2.24) is 10.2 Å². The summed E-state index contributed by atoms with van der Waals surface area (Å²) in [6, 6.07) is 0.582. The van der Waals surface area contributed by atoms with E-state index in [4.69, 9.17) is 0 Å². The lowest BCUT2D eigenvalue weighted by Gasteiger charge is -2.25. The number of hydrogen-bond acceptors (Lipinski definition) is 4. The van der Waals surface area contributed by atoms with Gasteiger partial charge in [0, 0.05) is 24.9 Å². The summed E-state index contributed by atoms with van der Waals surface area (Å²) in [5, 5.41) is 3.22. The maximum absolute atomic E-state index is 11.6. The first-order valence-electron chi connectivity index (χ1n) is 5.91. The van der Waals surface area contributed by atoms with Crippen molar-refractivity contribution in [2.45, 2.75) is 43.5 Å². The van der Waals surface area contributed by atoms with E-state index in [-0.39, 0.29) is 11.3 Å². The highest BCUT2D eigenvalue weighted by atomic mass is 32.2. The molecule has 0 saturated heterocycles. The van der Waals surface area contributed by atoms with Crippen molar-refractivity contribution in [3.05, 3.63) is 0 Å². The van der Waals surface area contributed by atoms with E-state index < -0.39 is 9.84 Å². The van der Waals surface area contributed by atoms with E-state index in [9.17, 15) is 8.42 Å². The summed E-state index contributed by atoms with van der Waals surface area (Å²) in [5.74, 6) is 0. The summed E-state index contributed by atoms with van der Waals surface area (Å²) >= 11 is 0. The van der Waals surface area contributed by atoms with Gasteiger partial charge in [-0.05, 0) is 33.9 Å². The Labute approximate surface area is 99.3 Å². The number of sulfone groups is 1. The Morgan fingerprint density at radius 2 is 2.00 bits per heavy atom. The molecular formula is C11H24N2O2S. The van der Waals surface area contributed by atoms with Gasteiger partial charge in [0.15, 0.2) is 9.84 Å². The highest BCUT2D eigenvalue weighted by molar-refractivity contribution is 7.91. The van der Waals surface area contributed by atoms with Crippen molar-refractivity contribution in [1.29, 1.82) is 0 Å². The van der Waals surface area contributed by atoms with Crippen molar-refractivity contribution in [3.8, 4) is 0 Å². The number of rotatable bonds is 5. The molecule has 0 aliphatic heterocycles. The molecule has 0 amide bonds. The zero-order valence-electron chi connectivity index (χ0n) is 10.7. The SMILES string of the molecule is CC(CNC1CCCC1S(C)(=O)=O)N(C)C. The number of hydrogen-bond donors (Lipinski definition) is 1. The molecule has 0 spiro atoms. The van der Waals surface area contributed by atoms with Crippen LogP contribution in [0.3, 0.4) is 0 Å². The van der Waals surface area contributed by atoms with Gasteiger partial charge in [-0.1, -0.05) is 6.42 Å². The molecule has 4 nitrogen and oxygen atoms in total. The minimum atomic E-state index is -2.90. The smallest absolute Gasteiger partial charge is 0.151 e. The van der Waals surface area contributed by atoms with Gasteiger partial charge in [0.2, 0.25) is 0 Å². The minimum absolute atomic E-state index is 0.150.